The number of fused-ring (bicyclic) bond motifs is 1. The topological polar surface area (TPSA) is 81.7 Å². The molecular formula is C17H17NO5S. The number of methoxy groups -OCH3 is 2. The summed E-state index contributed by atoms with van der Waals surface area (Å²) in [7, 11) is -0.266. The van der Waals surface area contributed by atoms with E-state index in [0.29, 0.717) is 29.2 Å². The fourth-order valence-electron chi connectivity index (χ4n) is 2.67. The molecular weight excluding hydrogens is 330 g/mol. The van der Waals surface area contributed by atoms with Gasteiger partial charge in [0.25, 0.3) is 5.91 Å². The van der Waals surface area contributed by atoms with Gasteiger partial charge in [0.2, 0.25) is 0 Å². The summed E-state index contributed by atoms with van der Waals surface area (Å²) in [6, 6.07) is 9.83. The smallest absolute Gasteiger partial charge is 0.259 e. The van der Waals surface area contributed by atoms with E-state index >= 15 is 0 Å². The van der Waals surface area contributed by atoms with Gasteiger partial charge in [0, 0.05) is 5.69 Å². The molecule has 0 fully saturated rings. The number of hydrogen-bond donors (Lipinski definition) is 1. The first-order valence-corrected chi connectivity index (χ1v) is 8.99. The summed E-state index contributed by atoms with van der Waals surface area (Å²) in [5, 5.41) is 2.71. The Bertz CT molecular complexity index is 905. The van der Waals surface area contributed by atoms with Gasteiger partial charge in [-0.2, -0.15) is 0 Å². The predicted octanol–water partition coefficient (Wildman–Crippen LogP) is 2.29. The van der Waals surface area contributed by atoms with Gasteiger partial charge in [-0.25, -0.2) is 8.42 Å². The third kappa shape index (κ3) is 2.94. The number of amides is 1. The zero-order valence-corrected chi connectivity index (χ0v) is 14.1. The standard InChI is InChI=1S/C17H17NO5S/c1-22-13-5-6-15(23-2)14(10-13)17(19)18-12-4-3-11-7-8-24(20,21)16(11)9-12/h3-6,9-10H,7-8H2,1-2H3,(H,18,19). The van der Waals surface area contributed by atoms with Gasteiger partial charge < -0.3 is 14.8 Å². The second-order valence-electron chi connectivity index (χ2n) is 5.41. The summed E-state index contributed by atoms with van der Waals surface area (Å²) in [6.07, 6.45) is 0.510. The van der Waals surface area contributed by atoms with Crippen LogP contribution < -0.4 is 14.8 Å². The highest BCUT2D eigenvalue weighted by atomic mass is 32.2. The largest absolute Gasteiger partial charge is 0.497 e. The lowest BCUT2D eigenvalue weighted by molar-refractivity contribution is 0.102. The van der Waals surface area contributed by atoms with Crippen molar-refractivity contribution in [2.24, 2.45) is 0 Å². The van der Waals surface area contributed by atoms with Gasteiger partial charge in [0.05, 0.1) is 30.4 Å². The number of nitrogens with one attached hydrogen (secondary N) is 1. The van der Waals surface area contributed by atoms with Crippen molar-refractivity contribution in [1.29, 1.82) is 0 Å². The highest BCUT2D eigenvalue weighted by molar-refractivity contribution is 7.91. The van der Waals surface area contributed by atoms with Crippen LogP contribution in [-0.4, -0.2) is 34.3 Å². The highest BCUT2D eigenvalue weighted by Gasteiger charge is 2.26. The number of hydrogen-bond acceptors (Lipinski definition) is 5. The summed E-state index contributed by atoms with van der Waals surface area (Å²) in [5.41, 5.74) is 1.52. The summed E-state index contributed by atoms with van der Waals surface area (Å²) < 4.78 is 34.3. The Balaban J connectivity index is 1.91. The van der Waals surface area contributed by atoms with Crippen molar-refractivity contribution in [1.82, 2.24) is 0 Å². The molecule has 1 heterocycles. The Hall–Kier alpha value is -2.54. The number of aryl methyl sites for hydroxylation is 1. The van der Waals surface area contributed by atoms with Crippen molar-refractivity contribution in [2.45, 2.75) is 11.3 Å². The Morgan fingerprint density at radius 1 is 1.08 bits per heavy atom. The molecule has 0 saturated carbocycles. The van der Waals surface area contributed by atoms with Gasteiger partial charge in [-0.15, -0.1) is 0 Å². The molecule has 0 unspecified atom stereocenters. The number of anilines is 1. The molecule has 1 N–H and O–H groups in total. The Labute approximate surface area is 140 Å². The third-order valence-electron chi connectivity index (χ3n) is 3.95. The van der Waals surface area contributed by atoms with E-state index in [4.69, 9.17) is 9.47 Å². The van der Waals surface area contributed by atoms with Crippen LogP contribution in [0.3, 0.4) is 0 Å². The van der Waals surface area contributed by atoms with Crippen LogP contribution in [0, 0.1) is 0 Å². The molecule has 24 heavy (non-hydrogen) atoms. The molecule has 1 amide bonds. The van der Waals surface area contributed by atoms with Crippen LogP contribution in [0.5, 0.6) is 11.5 Å². The van der Waals surface area contributed by atoms with E-state index in [-0.39, 0.29) is 10.6 Å². The van der Waals surface area contributed by atoms with Gasteiger partial charge in [0.1, 0.15) is 11.5 Å². The molecule has 126 valence electrons. The predicted molar refractivity (Wildman–Crippen MR) is 89.7 cm³/mol. The van der Waals surface area contributed by atoms with E-state index in [1.54, 1.807) is 30.3 Å². The van der Waals surface area contributed by atoms with Crippen molar-refractivity contribution in [3.8, 4) is 11.5 Å². The summed E-state index contributed by atoms with van der Waals surface area (Å²) in [6.45, 7) is 0. The maximum absolute atomic E-state index is 12.5. The number of sulfone groups is 1. The zero-order chi connectivity index (χ0) is 17.3. The second kappa shape index (κ2) is 6.16. The minimum absolute atomic E-state index is 0.115. The molecule has 0 saturated heterocycles. The van der Waals surface area contributed by atoms with Gasteiger partial charge in [-0.3, -0.25) is 4.79 Å². The summed E-state index contributed by atoms with van der Waals surface area (Å²) in [5.74, 6) is 0.643. The first-order chi connectivity index (χ1) is 11.4. The van der Waals surface area contributed by atoms with Gasteiger partial charge in [0.15, 0.2) is 9.84 Å². The highest BCUT2D eigenvalue weighted by Crippen LogP contribution is 2.30. The van der Waals surface area contributed by atoms with Gasteiger partial charge in [-0.1, -0.05) is 6.07 Å². The van der Waals surface area contributed by atoms with Crippen molar-refractivity contribution >= 4 is 21.4 Å². The van der Waals surface area contributed by atoms with Crippen molar-refractivity contribution in [3.63, 3.8) is 0 Å². The monoisotopic (exact) mass is 347 g/mol. The van der Waals surface area contributed by atoms with E-state index in [1.807, 2.05) is 0 Å². The second-order valence-corrected chi connectivity index (χ2v) is 7.49. The maximum Gasteiger partial charge on any atom is 0.259 e. The zero-order valence-electron chi connectivity index (χ0n) is 13.3. The van der Waals surface area contributed by atoms with Crippen molar-refractivity contribution < 1.29 is 22.7 Å². The molecule has 0 aliphatic carbocycles. The summed E-state index contributed by atoms with van der Waals surface area (Å²) in [4.78, 5) is 12.8. The molecule has 0 spiro atoms. The number of ether oxygens (including phenoxy) is 2. The minimum atomic E-state index is -3.25. The quantitative estimate of drug-likeness (QED) is 0.918. The Kier molecular flexibility index (Phi) is 4.19. The lowest BCUT2D eigenvalue weighted by atomic mass is 10.1. The fraction of sp³-hybridized carbons (Fsp3) is 0.235. The van der Waals surface area contributed by atoms with E-state index in [1.165, 1.54) is 20.3 Å². The molecule has 2 aromatic carbocycles. The number of rotatable bonds is 4. The number of carbonyl (C=O) groups excluding carboxylic acids is 1. The molecule has 1 aliphatic rings. The Morgan fingerprint density at radius 2 is 1.88 bits per heavy atom. The van der Waals surface area contributed by atoms with Crippen molar-refractivity contribution in [3.05, 3.63) is 47.5 Å². The third-order valence-corrected chi connectivity index (χ3v) is 5.74. The SMILES string of the molecule is COc1ccc(OC)c(C(=O)Nc2ccc3c(c2)S(=O)(=O)CC3)c1. The van der Waals surface area contributed by atoms with Crippen molar-refractivity contribution in [2.75, 3.05) is 25.3 Å². The molecule has 0 radical (unpaired) electrons. The molecule has 6 nitrogen and oxygen atoms in total. The number of carbonyl (C=O) groups is 1. The average molecular weight is 347 g/mol. The van der Waals surface area contributed by atoms with Crippen LogP contribution >= 0.6 is 0 Å². The molecule has 1 aliphatic heterocycles. The molecule has 2 aromatic rings. The molecule has 7 heteroatoms. The fourth-order valence-corrected chi connectivity index (χ4v) is 4.26. The first kappa shape index (κ1) is 16.3. The molecule has 0 aromatic heterocycles. The Morgan fingerprint density at radius 3 is 2.58 bits per heavy atom. The molecule has 0 atom stereocenters. The van der Waals surface area contributed by atoms with Crippen LogP contribution in [0.15, 0.2) is 41.3 Å². The normalized spacial score (nSPS) is 14.8. The van der Waals surface area contributed by atoms with Crippen LogP contribution in [0.4, 0.5) is 5.69 Å². The van der Waals surface area contributed by atoms with Crippen LogP contribution in [0.25, 0.3) is 0 Å². The van der Waals surface area contributed by atoms with Gasteiger partial charge in [-0.05, 0) is 42.3 Å². The van der Waals surface area contributed by atoms with E-state index in [9.17, 15) is 13.2 Å². The molecule has 0 bridgehead atoms. The lowest BCUT2D eigenvalue weighted by Gasteiger charge is -2.11. The summed E-state index contributed by atoms with van der Waals surface area (Å²) >= 11 is 0. The van der Waals surface area contributed by atoms with E-state index < -0.39 is 15.7 Å². The lowest BCUT2D eigenvalue weighted by Crippen LogP contribution is -2.13. The van der Waals surface area contributed by atoms with Gasteiger partial charge >= 0.3 is 0 Å². The minimum Gasteiger partial charge on any atom is -0.497 e. The first-order valence-electron chi connectivity index (χ1n) is 7.33. The van der Waals surface area contributed by atoms with Crippen LogP contribution in [0.1, 0.15) is 15.9 Å². The van der Waals surface area contributed by atoms with E-state index in [2.05, 4.69) is 5.32 Å². The van der Waals surface area contributed by atoms with Crippen LogP contribution in [-0.2, 0) is 16.3 Å². The average Bonchev–Trinajstić information content (AvgIpc) is 2.89. The van der Waals surface area contributed by atoms with Crippen LogP contribution in [0.2, 0.25) is 0 Å². The van der Waals surface area contributed by atoms with E-state index in [0.717, 1.165) is 5.56 Å². The molecule has 3 rings (SSSR count). The number of benzene rings is 2. The maximum atomic E-state index is 12.5.